The number of hydrogen-bond donors (Lipinski definition) is 3. The van der Waals surface area contributed by atoms with E-state index in [1.54, 1.807) is 0 Å². The van der Waals surface area contributed by atoms with E-state index in [-0.39, 0.29) is 51.4 Å². The second-order valence-electron chi connectivity index (χ2n) is 2.18. The Morgan fingerprint density at radius 3 is 1.70 bits per heavy atom. The summed E-state index contributed by atoms with van der Waals surface area (Å²) < 4.78 is 0. The predicted octanol–water partition coefficient (Wildman–Crippen LogP) is -1.59. The molecular weight excluding hydrogens is 163 g/mol. The summed E-state index contributed by atoms with van der Waals surface area (Å²) in [6.45, 7) is 0.187. The maximum atomic E-state index is 10.2. The molecule has 0 aromatic heterocycles. The Morgan fingerprint density at radius 1 is 1.40 bits per heavy atom. The molecule has 0 radical (unpaired) electrons. The van der Waals surface area contributed by atoms with Crippen LogP contribution in [-0.4, -0.2) is 85.9 Å². The van der Waals surface area contributed by atoms with Crippen LogP contribution in [0, 0.1) is 5.41 Å². The zero-order valence-corrected chi connectivity index (χ0v) is 5.16. The zero-order chi connectivity index (χ0) is 7.49. The Kier molecular flexibility index (Phi) is 7.68. The summed E-state index contributed by atoms with van der Waals surface area (Å²) in [5.74, 6) is -1.19. The number of rotatable bonds is 3. The van der Waals surface area contributed by atoms with Crippen molar-refractivity contribution in [3.63, 3.8) is 0 Å². The summed E-state index contributed by atoms with van der Waals surface area (Å²) in [7, 11) is 0. The molecule has 5 heteroatoms. The molecule has 0 saturated carbocycles. The Balaban J connectivity index is 0. The first-order valence-electron chi connectivity index (χ1n) is 2.52. The average Bonchev–Trinajstić information content (AvgIpc) is 1.86. The first-order chi connectivity index (χ1) is 4.06. The van der Waals surface area contributed by atoms with Gasteiger partial charge in [-0.15, -0.1) is 0 Å². The van der Waals surface area contributed by atoms with Crippen molar-refractivity contribution < 1.29 is 20.1 Å². The van der Waals surface area contributed by atoms with Gasteiger partial charge in [0.25, 0.3) is 0 Å². The van der Waals surface area contributed by atoms with Gasteiger partial charge in [0.1, 0.15) is 5.41 Å². The number of aliphatic carboxylic acids is 1. The van der Waals surface area contributed by atoms with Crippen molar-refractivity contribution in [2.24, 2.45) is 5.41 Å². The SMILES string of the molecule is CC(CO)(CO)C(=O)O.[KH]. The first-order valence-corrected chi connectivity index (χ1v) is 2.52. The van der Waals surface area contributed by atoms with E-state index in [4.69, 9.17) is 15.3 Å². The van der Waals surface area contributed by atoms with Crippen molar-refractivity contribution in [1.29, 1.82) is 0 Å². The third-order valence-electron chi connectivity index (χ3n) is 1.21. The van der Waals surface area contributed by atoms with Crippen LogP contribution in [0.15, 0.2) is 0 Å². The van der Waals surface area contributed by atoms with Crippen LogP contribution in [0.3, 0.4) is 0 Å². The van der Waals surface area contributed by atoms with Crippen molar-refractivity contribution in [2.45, 2.75) is 6.92 Å². The van der Waals surface area contributed by atoms with Gasteiger partial charge in [-0.1, -0.05) is 0 Å². The molecular formula is C5H11KO4. The van der Waals surface area contributed by atoms with Gasteiger partial charge in [-0.3, -0.25) is 4.79 Å². The summed E-state index contributed by atoms with van der Waals surface area (Å²) in [5.41, 5.74) is -1.39. The quantitative estimate of drug-likeness (QED) is 0.451. The van der Waals surface area contributed by atoms with Crippen molar-refractivity contribution in [3.8, 4) is 0 Å². The van der Waals surface area contributed by atoms with Gasteiger partial charge in [-0.05, 0) is 6.92 Å². The van der Waals surface area contributed by atoms with E-state index in [1.165, 1.54) is 6.92 Å². The van der Waals surface area contributed by atoms with Gasteiger partial charge in [0.05, 0.1) is 13.2 Å². The molecule has 0 aromatic rings. The summed E-state index contributed by atoms with van der Waals surface area (Å²) in [6, 6.07) is 0. The second-order valence-corrected chi connectivity index (χ2v) is 2.18. The number of carbonyl (C=O) groups is 1. The molecule has 0 atom stereocenters. The van der Waals surface area contributed by atoms with E-state index in [0.29, 0.717) is 0 Å². The van der Waals surface area contributed by atoms with Gasteiger partial charge in [-0.2, -0.15) is 0 Å². The molecule has 0 spiro atoms. The molecule has 0 fully saturated rings. The summed E-state index contributed by atoms with van der Waals surface area (Å²) in [6.07, 6.45) is 0. The fourth-order valence-electron chi connectivity index (χ4n) is 0.185. The van der Waals surface area contributed by atoms with Crippen LogP contribution in [-0.2, 0) is 4.79 Å². The number of carboxylic acid groups (broad SMARTS) is 1. The topological polar surface area (TPSA) is 77.8 Å². The minimum atomic E-state index is -1.39. The van der Waals surface area contributed by atoms with Gasteiger partial charge in [-0.25, -0.2) is 0 Å². The minimum absolute atomic E-state index is 0. The summed E-state index contributed by atoms with van der Waals surface area (Å²) >= 11 is 0. The molecule has 56 valence electrons. The molecule has 0 saturated heterocycles. The average molecular weight is 174 g/mol. The Hall–Kier alpha value is 1.03. The van der Waals surface area contributed by atoms with Crippen LogP contribution < -0.4 is 0 Å². The third kappa shape index (κ3) is 3.43. The van der Waals surface area contributed by atoms with E-state index in [2.05, 4.69) is 0 Å². The van der Waals surface area contributed by atoms with Gasteiger partial charge in [0.15, 0.2) is 0 Å². The molecule has 0 aliphatic heterocycles. The van der Waals surface area contributed by atoms with Crippen LogP contribution in [0.5, 0.6) is 0 Å². The van der Waals surface area contributed by atoms with E-state index in [1.807, 2.05) is 0 Å². The normalized spacial score (nSPS) is 10.3. The van der Waals surface area contributed by atoms with Crippen molar-refractivity contribution >= 4 is 57.4 Å². The molecule has 0 aromatic carbocycles. The number of aliphatic hydroxyl groups excluding tert-OH is 2. The number of hydrogen-bond acceptors (Lipinski definition) is 3. The van der Waals surface area contributed by atoms with Crippen LogP contribution in [0.1, 0.15) is 6.92 Å². The molecule has 0 aliphatic rings. The molecule has 0 unspecified atom stereocenters. The summed E-state index contributed by atoms with van der Waals surface area (Å²) in [4.78, 5) is 10.2. The molecule has 0 aliphatic carbocycles. The van der Waals surface area contributed by atoms with Gasteiger partial charge in [0, 0.05) is 0 Å². The van der Waals surface area contributed by atoms with E-state index < -0.39 is 24.6 Å². The number of carboxylic acids is 1. The maximum absolute atomic E-state index is 10.2. The van der Waals surface area contributed by atoms with Gasteiger partial charge in [0.2, 0.25) is 0 Å². The van der Waals surface area contributed by atoms with E-state index in [9.17, 15) is 4.79 Å². The zero-order valence-electron chi connectivity index (χ0n) is 5.16. The Morgan fingerprint density at radius 2 is 1.70 bits per heavy atom. The number of aliphatic hydroxyl groups is 2. The van der Waals surface area contributed by atoms with Crippen molar-refractivity contribution in [2.75, 3.05) is 13.2 Å². The Bertz CT molecular complexity index is 110. The van der Waals surface area contributed by atoms with Crippen LogP contribution in [0.4, 0.5) is 0 Å². The molecule has 3 N–H and O–H groups in total. The first kappa shape index (κ1) is 13.6. The fraction of sp³-hybridized carbons (Fsp3) is 0.800. The molecule has 0 amide bonds. The molecule has 10 heavy (non-hydrogen) atoms. The summed E-state index contributed by atoms with van der Waals surface area (Å²) in [5, 5.41) is 25.1. The monoisotopic (exact) mass is 174 g/mol. The standard InChI is InChI=1S/C5H10O4.K.H/c1-5(2-6,3-7)4(8)9;;/h6-7H,2-3H2,1H3,(H,8,9);;. The predicted molar refractivity (Wildman–Crippen MR) is 37.1 cm³/mol. The van der Waals surface area contributed by atoms with Crippen LogP contribution in [0.25, 0.3) is 0 Å². The molecule has 0 heterocycles. The van der Waals surface area contributed by atoms with E-state index in [0.717, 1.165) is 0 Å². The molecule has 0 bridgehead atoms. The third-order valence-corrected chi connectivity index (χ3v) is 1.21. The van der Waals surface area contributed by atoms with Crippen LogP contribution in [0.2, 0.25) is 0 Å². The van der Waals surface area contributed by atoms with Crippen molar-refractivity contribution in [3.05, 3.63) is 0 Å². The van der Waals surface area contributed by atoms with Crippen LogP contribution >= 0.6 is 0 Å². The molecule has 4 nitrogen and oxygen atoms in total. The van der Waals surface area contributed by atoms with Gasteiger partial charge >= 0.3 is 57.4 Å². The fourth-order valence-corrected chi connectivity index (χ4v) is 0.185. The molecule has 0 rings (SSSR count). The Labute approximate surface area is 102 Å². The van der Waals surface area contributed by atoms with E-state index >= 15 is 0 Å². The van der Waals surface area contributed by atoms with Crippen molar-refractivity contribution in [1.82, 2.24) is 0 Å². The second kappa shape index (κ2) is 5.65. The van der Waals surface area contributed by atoms with Gasteiger partial charge < -0.3 is 15.3 Å².